The van der Waals surface area contributed by atoms with E-state index in [1.54, 1.807) is 6.20 Å². The molecule has 0 aliphatic heterocycles. The second-order valence-electron chi connectivity index (χ2n) is 5.61. The number of aryl methyl sites for hydroxylation is 1. The van der Waals surface area contributed by atoms with Crippen LogP contribution in [0.5, 0.6) is 0 Å². The molecule has 0 unspecified atom stereocenters. The van der Waals surface area contributed by atoms with Gasteiger partial charge in [-0.2, -0.15) is 0 Å². The van der Waals surface area contributed by atoms with E-state index in [9.17, 15) is 9.59 Å². The van der Waals surface area contributed by atoms with E-state index in [1.165, 1.54) is 18.7 Å². The van der Waals surface area contributed by atoms with Gasteiger partial charge < -0.3 is 9.88 Å². The number of nitrogens with one attached hydrogen (secondary N) is 1. The zero-order valence-corrected chi connectivity index (χ0v) is 14.9. The van der Waals surface area contributed by atoms with Crippen molar-refractivity contribution in [2.75, 3.05) is 5.75 Å². The van der Waals surface area contributed by atoms with Crippen LogP contribution >= 0.6 is 11.8 Å². The number of rotatable bonds is 9. The first kappa shape index (κ1) is 18.3. The molecule has 6 heteroatoms. The zero-order chi connectivity index (χ0) is 17.4. The molecule has 5 nitrogen and oxygen atoms in total. The van der Waals surface area contributed by atoms with Crippen LogP contribution in [0.3, 0.4) is 0 Å². The molecule has 1 N–H and O–H groups in total. The summed E-state index contributed by atoms with van der Waals surface area (Å²) in [6.07, 6.45) is 5.18. The Balaban J connectivity index is 1.88. The quantitative estimate of drug-likeness (QED) is 0.710. The van der Waals surface area contributed by atoms with Crippen molar-refractivity contribution < 1.29 is 9.59 Å². The second kappa shape index (κ2) is 9.27. The predicted molar refractivity (Wildman–Crippen MR) is 96.0 cm³/mol. The van der Waals surface area contributed by atoms with Gasteiger partial charge in [0.25, 0.3) is 0 Å². The smallest absolute Gasteiger partial charge is 0.231 e. The lowest BCUT2D eigenvalue weighted by atomic mass is 10.0. The van der Waals surface area contributed by atoms with Crippen molar-refractivity contribution in [1.82, 2.24) is 14.9 Å². The fraction of sp³-hybridized carbons (Fsp3) is 0.389. The molecule has 0 radical (unpaired) electrons. The Morgan fingerprint density at radius 1 is 1.29 bits per heavy atom. The molecule has 0 saturated heterocycles. The Hall–Kier alpha value is -2.08. The third-order valence-corrected chi connectivity index (χ3v) is 4.59. The summed E-state index contributed by atoms with van der Waals surface area (Å²) in [4.78, 5) is 28.3. The molecule has 0 spiro atoms. The van der Waals surface area contributed by atoms with Gasteiger partial charge in [0.1, 0.15) is 0 Å². The van der Waals surface area contributed by atoms with E-state index in [1.807, 2.05) is 41.1 Å². The molecule has 1 heterocycles. The first-order valence-electron chi connectivity index (χ1n) is 8.07. The number of hydrogen-bond donors (Lipinski definition) is 1. The van der Waals surface area contributed by atoms with E-state index >= 15 is 0 Å². The number of Topliss-reactive ketones (excluding diaryl/α,β-unsaturated/α-hetero) is 1. The minimum Gasteiger partial charge on any atom is -0.345 e. The van der Waals surface area contributed by atoms with Crippen LogP contribution in [0, 0.1) is 0 Å². The average molecular weight is 345 g/mol. The highest BCUT2D eigenvalue weighted by molar-refractivity contribution is 7.99. The fourth-order valence-electron chi connectivity index (χ4n) is 2.36. The van der Waals surface area contributed by atoms with Crippen LogP contribution in [0.25, 0.3) is 0 Å². The van der Waals surface area contributed by atoms with Crippen LogP contribution < -0.4 is 5.32 Å². The van der Waals surface area contributed by atoms with E-state index < -0.39 is 6.04 Å². The molecule has 128 valence electrons. The monoisotopic (exact) mass is 345 g/mol. The molecule has 0 fully saturated rings. The molecule has 0 aliphatic rings. The van der Waals surface area contributed by atoms with Gasteiger partial charge in [-0.25, -0.2) is 4.98 Å². The van der Waals surface area contributed by atoms with Crippen molar-refractivity contribution in [3.63, 3.8) is 0 Å². The van der Waals surface area contributed by atoms with Crippen LogP contribution in [0.15, 0.2) is 47.9 Å². The van der Waals surface area contributed by atoms with Gasteiger partial charge >= 0.3 is 0 Å². The molecule has 1 aromatic heterocycles. The lowest BCUT2D eigenvalue weighted by molar-refractivity contribution is -0.125. The predicted octanol–water partition coefficient (Wildman–Crippen LogP) is 2.70. The molecule has 1 amide bonds. The summed E-state index contributed by atoms with van der Waals surface area (Å²) >= 11 is 1.39. The summed E-state index contributed by atoms with van der Waals surface area (Å²) in [5.74, 6) is 0.0612. The summed E-state index contributed by atoms with van der Waals surface area (Å²) < 4.78 is 2.03. The first-order chi connectivity index (χ1) is 11.6. The van der Waals surface area contributed by atoms with Gasteiger partial charge in [0.15, 0.2) is 10.9 Å². The molecule has 0 bridgehead atoms. The highest BCUT2D eigenvalue weighted by Gasteiger charge is 2.18. The van der Waals surface area contributed by atoms with Crippen molar-refractivity contribution in [1.29, 1.82) is 0 Å². The molecular formula is C18H23N3O2S. The number of hydrogen-bond acceptors (Lipinski definition) is 4. The van der Waals surface area contributed by atoms with Crippen molar-refractivity contribution in [2.24, 2.45) is 0 Å². The maximum absolute atomic E-state index is 12.2. The number of amides is 1. The summed E-state index contributed by atoms with van der Waals surface area (Å²) in [5.41, 5.74) is 1.03. The van der Waals surface area contributed by atoms with Gasteiger partial charge in [0, 0.05) is 18.9 Å². The maximum atomic E-state index is 12.2. The van der Waals surface area contributed by atoms with Crippen molar-refractivity contribution >= 4 is 23.5 Å². The number of ketones is 1. The summed E-state index contributed by atoms with van der Waals surface area (Å²) in [5, 5.41) is 3.66. The normalized spacial score (nSPS) is 11.9. The van der Waals surface area contributed by atoms with Gasteiger partial charge in [-0.3, -0.25) is 9.59 Å². The summed E-state index contributed by atoms with van der Waals surface area (Å²) in [6, 6.07) is 9.21. The number of thioether (sulfide) groups is 1. The minimum absolute atomic E-state index is 0.0373. The third kappa shape index (κ3) is 5.53. The Morgan fingerprint density at radius 3 is 2.71 bits per heavy atom. The second-order valence-corrected chi connectivity index (χ2v) is 6.55. The van der Waals surface area contributed by atoms with Crippen LogP contribution in [0.4, 0.5) is 0 Å². The molecule has 24 heavy (non-hydrogen) atoms. The third-order valence-electron chi connectivity index (χ3n) is 3.58. The van der Waals surface area contributed by atoms with Crippen LogP contribution in [-0.2, 0) is 22.6 Å². The molecule has 0 aliphatic carbocycles. The number of nitrogens with zero attached hydrogens (tertiary/aromatic N) is 2. The SMILES string of the molecule is CCCn1ccnc1SCC(=O)N[C@@H](Cc1ccccc1)C(C)=O. The van der Waals surface area contributed by atoms with Crippen molar-refractivity contribution in [3.8, 4) is 0 Å². The van der Waals surface area contributed by atoms with E-state index in [4.69, 9.17) is 0 Å². The van der Waals surface area contributed by atoms with Gasteiger partial charge in [-0.1, -0.05) is 49.0 Å². The van der Waals surface area contributed by atoms with Gasteiger partial charge in [-0.05, 0) is 25.3 Å². The Bertz CT molecular complexity index is 670. The number of imidazole rings is 1. The average Bonchev–Trinajstić information content (AvgIpc) is 3.01. The highest BCUT2D eigenvalue weighted by Crippen LogP contribution is 2.16. The highest BCUT2D eigenvalue weighted by atomic mass is 32.2. The minimum atomic E-state index is -0.490. The largest absolute Gasteiger partial charge is 0.345 e. The number of carbonyl (C=O) groups is 2. The Kier molecular flexibility index (Phi) is 7.06. The first-order valence-corrected chi connectivity index (χ1v) is 9.06. The molecule has 2 rings (SSSR count). The summed E-state index contributed by atoms with van der Waals surface area (Å²) in [6.45, 7) is 4.49. The van der Waals surface area contributed by atoms with E-state index in [0.717, 1.165) is 23.7 Å². The molecule has 1 atom stereocenters. The van der Waals surface area contributed by atoms with Crippen LogP contribution in [0.2, 0.25) is 0 Å². The van der Waals surface area contributed by atoms with E-state index in [2.05, 4.69) is 17.2 Å². The van der Waals surface area contributed by atoms with Gasteiger partial charge in [0.05, 0.1) is 11.8 Å². The zero-order valence-electron chi connectivity index (χ0n) is 14.1. The molecule has 2 aromatic rings. The fourth-order valence-corrected chi connectivity index (χ4v) is 3.16. The van der Waals surface area contributed by atoms with Gasteiger partial charge in [-0.15, -0.1) is 0 Å². The van der Waals surface area contributed by atoms with Gasteiger partial charge in [0.2, 0.25) is 5.91 Å². The van der Waals surface area contributed by atoms with E-state index in [0.29, 0.717) is 6.42 Å². The molecular weight excluding hydrogens is 322 g/mol. The molecule has 1 aromatic carbocycles. The number of aromatic nitrogens is 2. The Labute approximate surface area is 146 Å². The summed E-state index contributed by atoms with van der Waals surface area (Å²) in [7, 11) is 0. The standard InChI is InChI=1S/C18H23N3O2S/c1-3-10-21-11-9-19-18(21)24-13-17(23)20-16(14(2)22)12-15-7-5-4-6-8-15/h4-9,11,16H,3,10,12-13H2,1-2H3,(H,20,23)/t16-/m0/s1. The lowest BCUT2D eigenvalue weighted by Crippen LogP contribution is -2.42. The van der Waals surface area contributed by atoms with Crippen LogP contribution in [0.1, 0.15) is 25.8 Å². The lowest BCUT2D eigenvalue weighted by Gasteiger charge is -2.16. The number of benzene rings is 1. The molecule has 0 saturated carbocycles. The Morgan fingerprint density at radius 2 is 2.04 bits per heavy atom. The van der Waals surface area contributed by atoms with Crippen molar-refractivity contribution in [2.45, 2.75) is 44.4 Å². The van der Waals surface area contributed by atoms with E-state index in [-0.39, 0.29) is 17.4 Å². The van der Waals surface area contributed by atoms with Crippen LogP contribution in [-0.4, -0.2) is 33.0 Å². The number of carbonyl (C=O) groups excluding carboxylic acids is 2. The van der Waals surface area contributed by atoms with Crippen molar-refractivity contribution in [3.05, 3.63) is 48.3 Å². The topological polar surface area (TPSA) is 64.0 Å². The maximum Gasteiger partial charge on any atom is 0.231 e.